The van der Waals surface area contributed by atoms with Crippen molar-refractivity contribution < 1.29 is 24.2 Å². The Balaban J connectivity index is 1.28. The van der Waals surface area contributed by atoms with Crippen LogP contribution in [0.15, 0.2) is 34.1 Å². The Bertz CT molecular complexity index is 1270. The van der Waals surface area contributed by atoms with Gasteiger partial charge in [0.25, 0.3) is 0 Å². The number of thioether (sulfide) groups is 1. The zero-order valence-corrected chi connectivity index (χ0v) is 21.5. The number of fused-ring (bicyclic) bond motifs is 9. The number of carbonyl (C=O) groups excluding carboxylic acids is 2. The van der Waals surface area contributed by atoms with E-state index in [9.17, 15) is 19.2 Å². The predicted molar refractivity (Wildman–Crippen MR) is 134 cm³/mol. The van der Waals surface area contributed by atoms with Gasteiger partial charge in [-0.15, -0.1) is 11.8 Å². The summed E-state index contributed by atoms with van der Waals surface area (Å²) in [6.45, 7) is 0.370. The van der Waals surface area contributed by atoms with Crippen LogP contribution in [0.5, 0.6) is 5.75 Å². The Morgan fingerprint density at radius 3 is 2.50 bits per heavy atom. The highest BCUT2D eigenvalue weighted by atomic mass is 32.2. The van der Waals surface area contributed by atoms with E-state index in [0.717, 1.165) is 27.6 Å². The number of amides is 2. The van der Waals surface area contributed by atoms with Gasteiger partial charge in [0, 0.05) is 29.0 Å². The summed E-state index contributed by atoms with van der Waals surface area (Å²) in [5, 5.41) is 9.91. The van der Waals surface area contributed by atoms with Crippen molar-refractivity contribution in [3.8, 4) is 5.75 Å². The Morgan fingerprint density at radius 1 is 1.08 bits per heavy atom. The number of carbonyl (C=O) groups is 3. The highest BCUT2D eigenvalue weighted by Gasteiger charge is 2.69. The lowest BCUT2D eigenvalue weighted by Crippen LogP contribution is -2.42. The highest BCUT2D eigenvalue weighted by Crippen LogP contribution is 2.68. The summed E-state index contributed by atoms with van der Waals surface area (Å²) >= 11 is 2.95. The zero-order valence-electron chi connectivity index (χ0n) is 19.8. The van der Waals surface area contributed by atoms with Crippen LogP contribution in [-0.4, -0.2) is 51.7 Å². The molecule has 2 bridgehead atoms. The quantitative estimate of drug-likeness (QED) is 0.397. The van der Waals surface area contributed by atoms with Crippen molar-refractivity contribution in [1.29, 1.82) is 0 Å². The van der Waals surface area contributed by atoms with E-state index >= 15 is 0 Å². The van der Waals surface area contributed by atoms with Gasteiger partial charge in [-0.2, -0.15) is 0 Å². The van der Waals surface area contributed by atoms with E-state index in [4.69, 9.17) is 9.84 Å². The molecule has 36 heavy (non-hydrogen) atoms. The first-order valence-electron chi connectivity index (χ1n) is 12.5. The monoisotopic (exact) mass is 528 g/mol. The molecule has 1 aromatic heterocycles. The van der Waals surface area contributed by atoms with Crippen LogP contribution in [0.3, 0.4) is 0 Å². The second-order valence-electron chi connectivity index (χ2n) is 10.3. The van der Waals surface area contributed by atoms with E-state index in [1.807, 2.05) is 12.1 Å². The molecule has 3 fully saturated rings. The SMILES string of the molecule is COc1ccc([C@H]2c3sc(=O)[nH]c3SC3C4CC(C5C(=O)N(CCCCCC(=O)O)C(=O)C45)C32)cc1. The molecule has 190 valence electrons. The molecular formula is C26H28N2O6S2. The van der Waals surface area contributed by atoms with Crippen LogP contribution in [0.2, 0.25) is 0 Å². The molecule has 4 aliphatic rings. The number of imide groups is 1. The number of aliphatic carboxylic acids is 1. The van der Waals surface area contributed by atoms with Crippen molar-refractivity contribution in [3.63, 3.8) is 0 Å². The number of aromatic amines is 1. The first-order valence-corrected chi connectivity index (χ1v) is 14.2. The van der Waals surface area contributed by atoms with Crippen LogP contribution >= 0.6 is 23.1 Å². The molecule has 2 N–H and O–H groups in total. The van der Waals surface area contributed by atoms with E-state index in [-0.39, 0.29) is 63.9 Å². The third-order valence-corrected chi connectivity index (χ3v) is 11.2. The Hall–Kier alpha value is -2.59. The Labute approximate surface area is 216 Å². The van der Waals surface area contributed by atoms with E-state index < -0.39 is 5.97 Å². The molecule has 2 aliphatic carbocycles. The fraction of sp³-hybridized carbons (Fsp3) is 0.538. The van der Waals surface area contributed by atoms with Gasteiger partial charge in [-0.25, -0.2) is 0 Å². The van der Waals surface area contributed by atoms with Gasteiger partial charge < -0.3 is 14.8 Å². The van der Waals surface area contributed by atoms with Gasteiger partial charge in [0.1, 0.15) is 5.75 Å². The molecular weight excluding hydrogens is 500 g/mol. The summed E-state index contributed by atoms with van der Waals surface area (Å²) in [5.41, 5.74) is 1.11. The molecule has 7 atom stereocenters. The molecule has 2 saturated carbocycles. The Morgan fingerprint density at radius 2 is 1.81 bits per heavy atom. The second-order valence-corrected chi connectivity index (χ2v) is 12.5. The van der Waals surface area contributed by atoms with Crippen molar-refractivity contribution in [2.24, 2.45) is 29.6 Å². The first-order chi connectivity index (χ1) is 17.4. The van der Waals surface area contributed by atoms with E-state index in [1.54, 1.807) is 18.9 Å². The van der Waals surface area contributed by atoms with E-state index in [2.05, 4.69) is 17.1 Å². The fourth-order valence-electron chi connectivity index (χ4n) is 7.21. The van der Waals surface area contributed by atoms with Gasteiger partial charge in [0.15, 0.2) is 0 Å². The minimum atomic E-state index is -0.823. The number of benzene rings is 1. The van der Waals surface area contributed by atoms with Crippen molar-refractivity contribution >= 4 is 40.9 Å². The van der Waals surface area contributed by atoms with Crippen molar-refractivity contribution in [1.82, 2.24) is 9.88 Å². The molecule has 1 aromatic carbocycles. The number of nitrogens with zero attached hydrogens (tertiary/aromatic N) is 1. The number of H-pyrrole nitrogens is 1. The summed E-state index contributed by atoms with van der Waals surface area (Å²) in [5.74, 6) is -0.335. The number of thiazole rings is 1. The molecule has 0 radical (unpaired) electrons. The lowest BCUT2D eigenvalue weighted by Gasteiger charge is -2.43. The third-order valence-electron chi connectivity index (χ3n) is 8.56. The third kappa shape index (κ3) is 3.63. The normalized spacial score (nSPS) is 31.9. The predicted octanol–water partition coefficient (Wildman–Crippen LogP) is 3.56. The van der Waals surface area contributed by atoms with Gasteiger partial charge >= 0.3 is 10.8 Å². The number of hydrogen-bond donors (Lipinski definition) is 2. The molecule has 10 heteroatoms. The smallest absolute Gasteiger partial charge is 0.305 e. The maximum atomic E-state index is 13.5. The first kappa shape index (κ1) is 23.8. The van der Waals surface area contributed by atoms with Crippen molar-refractivity contribution in [2.75, 3.05) is 13.7 Å². The standard InChI is InChI=1S/C26H28N2O6S2/c1-34-13-8-6-12(7-9-13)17-18-14-11-15(21(18)35-23-22(17)36-26(33)27-23)20-19(14)24(31)28(25(20)32)10-4-2-3-5-16(29)30/h6-9,14-15,17-21H,2-5,10-11H2,1H3,(H,27,33)(H,29,30)/t14?,15?,17-,18?,19?,20?,21?/m1/s1. The summed E-state index contributed by atoms with van der Waals surface area (Å²) in [7, 11) is 1.63. The van der Waals surface area contributed by atoms with Crippen LogP contribution < -0.4 is 9.61 Å². The largest absolute Gasteiger partial charge is 0.497 e. The number of unbranched alkanes of at least 4 members (excludes halogenated alkanes) is 2. The number of likely N-dealkylation sites (tertiary alicyclic amines) is 1. The molecule has 3 heterocycles. The molecule has 2 aromatic rings. The average Bonchev–Trinajstić information content (AvgIpc) is 3.59. The molecule has 6 rings (SSSR count). The van der Waals surface area contributed by atoms with Gasteiger partial charge in [-0.3, -0.25) is 24.1 Å². The van der Waals surface area contributed by atoms with Crippen LogP contribution in [0, 0.1) is 29.6 Å². The topological polar surface area (TPSA) is 117 Å². The molecule has 0 spiro atoms. The van der Waals surface area contributed by atoms with Crippen LogP contribution in [0.25, 0.3) is 0 Å². The summed E-state index contributed by atoms with van der Waals surface area (Å²) in [4.78, 5) is 55.5. The number of hydrogen-bond acceptors (Lipinski definition) is 7. The average molecular weight is 529 g/mol. The van der Waals surface area contributed by atoms with Crippen LogP contribution in [-0.2, 0) is 14.4 Å². The minimum absolute atomic E-state index is 0.00465. The van der Waals surface area contributed by atoms with Gasteiger partial charge in [0.05, 0.1) is 24.0 Å². The highest BCUT2D eigenvalue weighted by molar-refractivity contribution is 8.00. The molecule has 6 unspecified atom stereocenters. The van der Waals surface area contributed by atoms with E-state index in [0.29, 0.717) is 25.8 Å². The fourth-order valence-corrected chi connectivity index (χ4v) is 10.1. The Kier molecular flexibility index (Phi) is 5.99. The minimum Gasteiger partial charge on any atom is -0.497 e. The second kappa shape index (κ2) is 9.06. The van der Waals surface area contributed by atoms with E-state index in [1.165, 1.54) is 16.2 Å². The summed E-state index contributed by atoms with van der Waals surface area (Å²) in [6.07, 6.45) is 2.84. The van der Waals surface area contributed by atoms with Crippen LogP contribution in [0.1, 0.15) is 48.5 Å². The van der Waals surface area contributed by atoms with Gasteiger partial charge in [-0.05, 0) is 54.7 Å². The number of ether oxygens (including phenoxy) is 1. The van der Waals surface area contributed by atoms with Crippen LogP contribution in [0.4, 0.5) is 0 Å². The lowest BCUT2D eigenvalue weighted by atomic mass is 9.68. The maximum Gasteiger partial charge on any atom is 0.305 e. The number of carboxylic acids is 1. The molecule has 2 aliphatic heterocycles. The maximum absolute atomic E-state index is 13.5. The number of nitrogens with one attached hydrogen (secondary N) is 1. The van der Waals surface area contributed by atoms with Crippen molar-refractivity contribution in [3.05, 3.63) is 44.4 Å². The number of methoxy groups -OCH3 is 1. The summed E-state index contributed by atoms with van der Waals surface area (Å²) in [6, 6.07) is 7.99. The van der Waals surface area contributed by atoms with Gasteiger partial charge in [0.2, 0.25) is 11.8 Å². The summed E-state index contributed by atoms with van der Waals surface area (Å²) < 4.78 is 5.35. The number of rotatable bonds is 8. The molecule has 1 saturated heterocycles. The zero-order chi connectivity index (χ0) is 25.1. The van der Waals surface area contributed by atoms with Crippen molar-refractivity contribution in [2.45, 2.75) is 48.3 Å². The molecule has 8 nitrogen and oxygen atoms in total. The van der Waals surface area contributed by atoms with Gasteiger partial charge in [-0.1, -0.05) is 29.9 Å². The lowest BCUT2D eigenvalue weighted by molar-refractivity contribution is -0.141. The number of carboxylic acid groups (broad SMARTS) is 1. The molecule has 2 amide bonds. The number of aromatic nitrogens is 1.